The van der Waals surface area contributed by atoms with Crippen LogP contribution in [-0.2, 0) is 0 Å². The molecule has 78 valence electrons. The fourth-order valence-corrected chi connectivity index (χ4v) is 1.24. The molecule has 0 aliphatic heterocycles. The molecule has 0 aromatic heterocycles. The highest BCUT2D eigenvalue weighted by Crippen LogP contribution is 2.04. The van der Waals surface area contributed by atoms with Gasteiger partial charge in [-0.1, -0.05) is 11.6 Å². The molecule has 5 heteroatoms. The van der Waals surface area contributed by atoms with Gasteiger partial charge >= 0.3 is 0 Å². The van der Waals surface area contributed by atoms with Crippen LogP contribution in [-0.4, -0.2) is 36.8 Å². The van der Waals surface area contributed by atoms with Crippen LogP contribution in [0.2, 0.25) is 0 Å². The molecule has 0 heterocycles. The molecule has 0 aromatic rings. The monoisotopic (exact) mass is 231 g/mol. The van der Waals surface area contributed by atoms with Crippen molar-refractivity contribution in [1.29, 1.82) is 0 Å². The van der Waals surface area contributed by atoms with Crippen LogP contribution in [0.3, 0.4) is 0 Å². The Bertz CT molecular complexity index is 162. The standard InChI is InChI=1S/C8H13Cl2F2N/c1-7(4-10)5-13(3-2-9)6-8(11)12/h4,8H,2-3,5-6H2,1H3. The highest BCUT2D eigenvalue weighted by atomic mass is 35.5. The molecule has 0 rings (SSSR count). The van der Waals surface area contributed by atoms with Crippen LogP contribution in [0.4, 0.5) is 8.78 Å². The van der Waals surface area contributed by atoms with E-state index in [0.717, 1.165) is 5.57 Å². The second kappa shape index (κ2) is 7.54. The molecular formula is C8H13Cl2F2N. The van der Waals surface area contributed by atoms with E-state index in [9.17, 15) is 8.78 Å². The molecule has 0 spiro atoms. The lowest BCUT2D eigenvalue weighted by Crippen LogP contribution is -2.32. The Morgan fingerprint density at radius 2 is 2.15 bits per heavy atom. The van der Waals surface area contributed by atoms with E-state index >= 15 is 0 Å². The van der Waals surface area contributed by atoms with E-state index in [1.54, 1.807) is 11.8 Å². The van der Waals surface area contributed by atoms with Gasteiger partial charge in [0, 0.05) is 24.5 Å². The first-order valence-electron chi connectivity index (χ1n) is 3.92. The third-order valence-corrected chi connectivity index (χ3v) is 2.00. The molecule has 0 unspecified atom stereocenters. The van der Waals surface area contributed by atoms with Crippen LogP contribution >= 0.6 is 23.2 Å². The smallest absolute Gasteiger partial charge is 0.251 e. The number of rotatable bonds is 6. The number of alkyl halides is 3. The van der Waals surface area contributed by atoms with E-state index in [4.69, 9.17) is 23.2 Å². The van der Waals surface area contributed by atoms with E-state index in [0.29, 0.717) is 19.0 Å². The Morgan fingerprint density at radius 1 is 1.54 bits per heavy atom. The first kappa shape index (κ1) is 13.1. The maximum atomic E-state index is 12.0. The largest absolute Gasteiger partial charge is 0.293 e. The second-order valence-electron chi connectivity index (χ2n) is 2.77. The van der Waals surface area contributed by atoms with Gasteiger partial charge in [-0.05, 0) is 12.5 Å². The highest BCUT2D eigenvalue weighted by molar-refractivity contribution is 6.25. The van der Waals surface area contributed by atoms with Crippen molar-refractivity contribution < 1.29 is 8.78 Å². The lowest BCUT2D eigenvalue weighted by Gasteiger charge is -2.20. The number of hydrogen-bond donors (Lipinski definition) is 0. The molecule has 0 saturated carbocycles. The summed E-state index contributed by atoms with van der Waals surface area (Å²) in [6, 6.07) is 0. The Labute approximate surface area is 87.3 Å². The number of nitrogens with zero attached hydrogens (tertiary/aromatic N) is 1. The topological polar surface area (TPSA) is 3.24 Å². The molecule has 0 saturated heterocycles. The van der Waals surface area contributed by atoms with Crippen molar-refractivity contribution in [3.63, 3.8) is 0 Å². The SMILES string of the molecule is CC(=CCl)CN(CCCl)CC(F)F. The van der Waals surface area contributed by atoms with Crippen LogP contribution < -0.4 is 0 Å². The van der Waals surface area contributed by atoms with Gasteiger partial charge in [-0.2, -0.15) is 0 Å². The van der Waals surface area contributed by atoms with E-state index in [2.05, 4.69) is 0 Å². The first-order valence-corrected chi connectivity index (χ1v) is 4.89. The molecule has 0 N–H and O–H groups in total. The fourth-order valence-electron chi connectivity index (χ4n) is 0.937. The maximum absolute atomic E-state index is 12.0. The number of halogens is 4. The molecule has 13 heavy (non-hydrogen) atoms. The molecule has 0 bridgehead atoms. The van der Waals surface area contributed by atoms with Crippen molar-refractivity contribution in [2.45, 2.75) is 13.3 Å². The lowest BCUT2D eigenvalue weighted by atomic mass is 10.3. The van der Waals surface area contributed by atoms with E-state index < -0.39 is 6.43 Å². The zero-order valence-electron chi connectivity index (χ0n) is 7.44. The van der Waals surface area contributed by atoms with Gasteiger partial charge in [0.25, 0.3) is 6.43 Å². The second-order valence-corrected chi connectivity index (χ2v) is 3.37. The van der Waals surface area contributed by atoms with Crippen LogP contribution in [0.1, 0.15) is 6.92 Å². The molecule has 0 radical (unpaired) electrons. The summed E-state index contributed by atoms with van der Waals surface area (Å²) in [5.74, 6) is 0.349. The third kappa shape index (κ3) is 7.23. The summed E-state index contributed by atoms with van der Waals surface area (Å²) in [7, 11) is 0. The summed E-state index contributed by atoms with van der Waals surface area (Å²) >= 11 is 10.9. The van der Waals surface area contributed by atoms with Gasteiger partial charge in [-0.25, -0.2) is 8.78 Å². The summed E-state index contributed by atoms with van der Waals surface area (Å²) in [5.41, 5.74) is 2.25. The Hall–Kier alpha value is 0.140. The molecule has 0 amide bonds. The van der Waals surface area contributed by atoms with Crippen LogP contribution in [0.15, 0.2) is 11.1 Å². The van der Waals surface area contributed by atoms with Gasteiger partial charge in [0.2, 0.25) is 0 Å². The van der Waals surface area contributed by atoms with Crippen molar-refractivity contribution in [3.8, 4) is 0 Å². The predicted molar refractivity (Wildman–Crippen MR) is 52.8 cm³/mol. The van der Waals surface area contributed by atoms with Crippen molar-refractivity contribution in [3.05, 3.63) is 11.1 Å². The Morgan fingerprint density at radius 3 is 2.54 bits per heavy atom. The average Bonchev–Trinajstić information content (AvgIpc) is 2.03. The van der Waals surface area contributed by atoms with E-state index in [-0.39, 0.29) is 6.54 Å². The summed E-state index contributed by atoms with van der Waals surface area (Å²) < 4.78 is 24.1. The van der Waals surface area contributed by atoms with Crippen LogP contribution in [0.5, 0.6) is 0 Å². The minimum absolute atomic E-state index is 0.255. The molecule has 1 nitrogen and oxygen atoms in total. The molecule has 0 aliphatic rings. The first-order chi connectivity index (χ1) is 6.10. The lowest BCUT2D eigenvalue weighted by molar-refractivity contribution is 0.0955. The minimum Gasteiger partial charge on any atom is -0.293 e. The van der Waals surface area contributed by atoms with Crippen molar-refractivity contribution >= 4 is 23.2 Å². The summed E-state index contributed by atoms with van der Waals surface area (Å²) in [6.07, 6.45) is -2.33. The van der Waals surface area contributed by atoms with Gasteiger partial charge in [-0.3, -0.25) is 4.90 Å². The van der Waals surface area contributed by atoms with Crippen LogP contribution in [0, 0.1) is 0 Å². The molecule has 0 aromatic carbocycles. The molecular weight excluding hydrogens is 219 g/mol. The van der Waals surface area contributed by atoms with Crippen molar-refractivity contribution in [1.82, 2.24) is 4.90 Å². The van der Waals surface area contributed by atoms with Gasteiger partial charge < -0.3 is 0 Å². The average molecular weight is 232 g/mol. The molecule has 0 fully saturated rings. The Balaban J connectivity index is 3.93. The summed E-state index contributed by atoms with van der Waals surface area (Å²) in [6.45, 7) is 2.43. The maximum Gasteiger partial charge on any atom is 0.251 e. The third-order valence-electron chi connectivity index (χ3n) is 1.46. The summed E-state index contributed by atoms with van der Waals surface area (Å²) in [5, 5.41) is 0. The van der Waals surface area contributed by atoms with E-state index in [1.165, 1.54) is 5.54 Å². The van der Waals surface area contributed by atoms with E-state index in [1.807, 2.05) is 0 Å². The van der Waals surface area contributed by atoms with Crippen molar-refractivity contribution in [2.75, 3.05) is 25.5 Å². The van der Waals surface area contributed by atoms with Gasteiger partial charge in [0.1, 0.15) is 0 Å². The van der Waals surface area contributed by atoms with Crippen LogP contribution in [0.25, 0.3) is 0 Å². The zero-order chi connectivity index (χ0) is 10.3. The Kier molecular flexibility index (Phi) is 7.62. The fraction of sp³-hybridized carbons (Fsp3) is 0.750. The number of hydrogen-bond acceptors (Lipinski definition) is 1. The molecule has 0 atom stereocenters. The minimum atomic E-state index is -2.33. The normalized spacial score (nSPS) is 13.0. The van der Waals surface area contributed by atoms with Gasteiger partial charge in [-0.15, -0.1) is 11.6 Å². The molecule has 0 aliphatic carbocycles. The quantitative estimate of drug-likeness (QED) is 0.636. The highest BCUT2D eigenvalue weighted by Gasteiger charge is 2.11. The zero-order valence-corrected chi connectivity index (χ0v) is 8.95. The van der Waals surface area contributed by atoms with Gasteiger partial charge in [0.15, 0.2) is 0 Å². The van der Waals surface area contributed by atoms with Gasteiger partial charge in [0.05, 0.1) is 6.54 Å². The predicted octanol–water partition coefficient (Wildman–Crippen LogP) is 2.93. The summed E-state index contributed by atoms with van der Waals surface area (Å²) in [4.78, 5) is 1.58. The van der Waals surface area contributed by atoms with Crippen molar-refractivity contribution in [2.24, 2.45) is 0 Å².